The van der Waals surface area contributed by atoms with E-state index < -0.39 is 0 Å². The molecule has 0 aliphatic rings. The lowest BCUT2D eigenvalue weighted by atomic mass is 10.0. The molecule has 4 heteroatoms. The first kappa shape index (κ1) is 13.6. The third kappa shape index (κ3) is 2.78. The van der Waals surface area contributed by atoms with Crippen LogP contribution in [0.5, 0.6) is 0 Å². The van der Waals surface area contributed by atoms with Gasteiger partial charge in [0.15, 0.2) is 5.69 Å². The smallest absolute Gasteiger partial charge is 0.272 e. The molecule has 0 saturated heterocycles. The minimum atomic E-state index is -0.0799. The summed E-state index contributed by atoms with van der Waals surface area (Å²) >= 11 is 0. The van der Waals surface area contributed by atoms with Gasteiger partial charge in [-0.2, -0.15) is 5.10 Å². The second kappa shape index (κ2) is 5.87. The van der Waals surface area contributed by atoms with Crippen LogP contribution in [-0.4, -0.2) is 22.2 Å². The van der Waals surface area contributed by atoms with Crippen LogP contribution in [0.1, 0.15) is 37.2 Å². The van der Waals surface area contributed by atoms with Crippen molar-refractivity contribution in [1.29, 1.82) is 0 Å². The van der Waals surface area contributed by atoms with E-state index in [1.165, 1.54) is 0 Å². The zero-order valence-corrected chi connectivity index (χ0v) is 11.8. The molecule has 0 atom stereocenters. The number of carbonyl (C=O) groups excluding carboxylic acids is 1. The van der Waals surface area contributed by atoms with Crippen LogP contribution >= 0.6 is 0 Å². The molecule has 0 spiro atoms. The second-order valence-electron chi connectivity index (χ2n) is 4.88. The average molecular weight is 259 g/mol. The first-order valence-corrected chi connectivity index (χ1v) is 6.87. The summed E-state index contributed by atoms with van der Waals surface area (Å²) in [6, 6.07) is 7.80. The van der Waals surface area contributed by atoms with Crippen molar-refractivity contribution in [1.82, 2.24) is 15.1 Å². The van der Waals surface area contributed by atoms with E-state index in [9.17, 15) is 4.79 Å². The van der Waals surface area contributed by atoms with Gasteiger partial charge in [0.25, 0.3) is 5.91 Å². The number of nitrogens with zero attached hydrogens (tertiary/aromatic N) is 2. The molecule has 0 aliphatic heterocycles. The number of benzene rings is 1. The zero-order chi connectivity index (χ0) is 13.8. The maximum atomic E-state index is 12.2. The normalized spacial score (nSPS) is 11.2. The Morgan fingerprint density at radius 2 is 2.00 bits per heavy atom. The van der Waals surface area contributed by atoms with Gasteiger partial charge in [-0.15, -0.1) is 0 Å². The van der Waals surface area contributed by atoms with Crippen LogP contribution in [0.15, 0.2) is 24.3 Å². The van der Waals surface area contributed by atoms with E-state index in [0.717, 1.165) is 30.3 Å². The first-order chi connectivity index (χ1) is 9.17. The van der Waals surface area contributed by atoms with E-state index in [1.54, 1.807) is 4.68 Å². The van der Waals surface area contributed by atoms with Crippen LogP contribution in [0.3, 0.4) is 0 Å². The summed E-state index contributed by atoms with van der Waals surface area (Å²) in [6.45, 7) is 5.02. The summed E-state index contributed by atoms with van der Waals surface area (Å²) < 4.78 is 1.75. The van der Waals surface area contributed by atoms with Gasteiger partial charge >= 0.3 is 0 Å². The molecule has 1 aromatic heterocycles. The Balaban J connectivity index is 2.18. The van der Waals surface area contributed by atoms with Gasteiger partial charge in [-0.05, 0) is 12.0 Å². The molecule has 0 fully saturated rings. The molecule has 4 nitrogen and oxygen atoms in total. The molecule has 1 heterocycles. The summed E-state index contributed by atoms with van der Waals surface area (Å²) in [5, 5.41) is 8.22. The lowest BCUT2D eigenvalue weighted by molar-refractivity contribution is 0.0942. The average Bonchev–Trinajstić information content (AvgIpc) is 2.78. The number of hydrogen-bond donors (Lipinski definition) is 1. The predicted octanol–water partition coefficient (Wildman–Crippen LogP) is 2.74. The molecule has 1 aromatic carbocycles. The Morgan fingerprint density at radius 3 is 2.68 bits per heavy atom. The Kier molecular flexibility index (Phi) is 4.20. The van der Waals surface area contributed by atoms with Crippen molar-refractivity contribution in [2.24, 2.45) is 13.0 Å². The van der Waals surface area contributed by atoms with Crippen molar-refractivity contribution in [2.75, 3.05) is 6.54 Å². The summed E-state index contributed by atoms with van der Waals surface area (Å²) in [6.07, 6.45) is 2.17. The van der Waals surface area contributed by atoms with Gasteiger partial charge < -0.3 is 5.32 Å². The lowest BCUT2D eigenvalue weighted by Crippen LogP contribution is -2.29. The number of amides is 1. The van der Waals surface area contributed by atoms with Gasteiger partial charge in [0.1, 0.15) is 0 Å². The summed E-state index contributed by atoms with van der Waals surface area (Å²) in [4.78, 5) is 12.2. The van der Waals surface area contributed by atoms with Gasteiger partial charge in [0.2, 0.25) is 0 Å². The molecule has 1 N–H and O–H groups in total. The molecule has 2 rings (SSSR count). The van der Waals surface area contributed by atoms with E-state index in [0.29, 0.717) is 11.6 Å². The number of carbonyl (C=O) groups is 1. The highest BCUT2D eigenvalue weighted by Crippen LogP contribution is 2.17. The Bertz CT molecular complexity index is 570. The van der Waals surface area contributed by atoms with Gasteiger partial charge in [-0.1, -0.05) is 44.9 Å². The number of nitrogens with one attached hydrogen (secondary N) is 1. The fraction of sp³-hybridized carbons (Fsp3) is 0.467. The van der Waals surface area contributed by atoms with Crippen molar-refractivity contribution >= 4 is 16.8 Å². The highest BCUT2D eigenvalue weighted by Gasteiger charge is 2.16. The van der Waals surface area contributed by atoms with E-state index in [4.69, 9.17) is 0 Å². The second-order valence-corrected chi connectivity index (χ2v) is 4.88. The Labute approximate surface area is 113 Å². The molecule has 0 aliphatic carbocycles. The third-order valence-electron chi connectivity index (χ3n) is 3.68. The van der Waals surface area contributed by atoms with Gasteiger partial charge in [-0.3, -0.25) is 9.48 Å². The molecular formula is C15H21N3O. The van der Waals surface area contributed by atoms with Crippen molar-refractivity contribution in [3.63, 3.8) is 0 Å². The molecule has 0 unspecified atom stereocenters. The quantitative estimate of drug-likeness (QED) is 0.897. The summed E-state index contributed by atoms with van der Waals surface area (Å²) in [7, 11) is 1.86. The molecule has 1 amide bonds. The number of rotatable bonds is 5. The minimum absolute atomic E-state index is 0.0799. The van der Waals surface area contributed by atoms with Crippen LogP contribution in [0.2, 0.25) is 0 Å². The number of hydrogen-bond acceptors (Lipinski definition) is 2. The topological polar surface area (TPSA) is 46.9 Å². The van der Waals surface area contributed by atoms with Crippen molar-refractivity contribution in [3.05, 3.63) is 30.0 Å². The molecule has 19 heavy (non-hydrogen) atoms. The largest absolute Gasteiger partial charge is 0.350 e. The van der Waals surface area contributed by atoms with E-state index >= 15 is 0 Å². The number of aryl methyl sites for hydroxylation is 1. The van der Waals surface area contributed by atoms with Crippen molar-refractivity contribution < 1.29 is 4.79 Å². The van der Waals surface area contributed by atoms with Crippen LogP contribution in [0.25, 0.3) is 10.9 Å². The summed E-state index contributed by atoms with van der Waals surface area (Å²) in [5.74, 6) is 0.461. The van der Waals surface area contributed by atoms with Crippen LogP contribution < -0.4 is 5.32 Å². The number of fused-ring (bicyclic) bond motifs is 1. The molecule has 102 valence electrons. The SMILES string of the molecule is CCC(CC)CNC(=O)c1nn(C)c2ccccc12. The maximum Gasteiger partial charge on any atom is 0.272 e. The standard InChI is InChI=1S/C15H21N3O/c1-4-11(5-2)10-16-15(19)14-12-8-6-7-9-13(12)18(3)17-14/h6-9,11H,4-5,10H2,1-3H3,(H,16,19). The summed E-state index contributed by atoms with van der Waals surface area (Å²) in [5.41, 5.74) is 1.50. The molecule has 2 aromatic rings. The fourth-order valence-electron chi connectivity index (χ4n) is 2.28. The van der Waals surface area contributed by atoms with Crippen LogP contribution in [0, 0.1) is 5.92 Å². The number of para-hydroxylation sites is 1. The monoisotopic (exact) mass is 259 g/mol. The Hall–Kier alpha value is -1.84. The zero-order valence-electron chi connectivity index (χ0n) is 11.8. The fourth-order valence-corrected chi connectivity index (χ4v) is 2.28. The van der Waals surface area contributed by atoms with Crippen molar-refractivity contribution in [3.8, 4) is 0 Å². The van der Waals surface area contributed by atoms with E-state index in [-0.39, 0.29) is 5.91 Å². The molecular weight excluding hydrogens is 238 g/mol. The highest BCUT2D eigenvalue weighted by molar-refractivity contribution is 6.04. The highest BCUT2D eigenvalue weighted by atomic mass is 16.1. The van der Waals surface area contributed by atoms with Gasteiger partial charge in [0.05, 0.1) is 5.52 Å². The third-order valence-corrected chi connectivity index (χ3v) is 3.68. The molecule has 0 bridgehead atoms. The van der Waals surface area contributed by atoms with E-state index in [1.807, 2.05) is 31.3 Å². The van der Waals surface area contributed by atoms with Gasteiger partial charge in [-0.25, -0.2) is 0 Å². The first-order valence-electron chi connectivity index (χ1n) is 6.87. The van der Waals surface area contributed by atoms with Crippen LogP contribution in [-0.2, 0) is 7.05 Å². The Morgan fingerprint density at radius 1 is 1.32 bits per heavy atom. The maximum absolute atomic E-state index is 12.2. The molecule has 0 saturated carbocycles. The molecule has 0 radical (unpaired) electrons. The van der Waals surface area contributed by atoms with Crippen molar-refractivity contribution in [2.45, 2.75) is 26.7 Å². The van der Waals surface area contributed by atoms with Crippen LogP contribution in [0.4, 0.5) is 0 Å². The lowest BCUT2D eigenvalue weighted by Gasteiger charge is -2.12. The number of aromatic nitrogens is 2. The van der Waals surface area contributed by atoms with Gasteiger partial charge in [0, 0.05) is 19.0 Å². The minimum Gasteiger partial charge on any atom is -0.350 e. The van der Waals surface area contributed by atoms with E-state index in [2.05, 4.69) is 24.3 Å². The predicted molar refractivity (Wildman–Crippen MR) is 77.1 cm³/mol.